The molecule has 4 heteroatoms. The molecule has 3 heterocycles. The van der Waals surface area contributed by atoms with E-state index in [9.17, 15) is 0 Å². The van der Waals surface area contributed by atoms with Crippen LogP contribution >= 0.6 is 0 Å². The number of benzene rings is 5. The third-order valence-corrected chi connectivity index (χ3v) is 8.30. The first-order valence-corrected chi connectivity index (χ1v) is 14.9. The van der Waals surface area contributed by atoms with Gasteiger partial charge in [-0.1, -0.05) is 104 Å². The topological polar surface area (TPSA) is 38.9 Å². The van der Waals surface area contributed by atoms with E-state index in [1.807, 2.05) is 30.5 Å². The number of nitrogens with zero attached hydrogens (tertiary/aromatic N) is 2. The average Bonchev–Trinajstić information content (AvgIpc) is 3.52. The second-order valence-electron chi connectivity index (χ2n) is 11.5. The molecule has 0 fully saturated rings. The zero-order valence-corrected chi connectivity index (χ0v) is 27.8. The van der Waals surface area contributed by atoms with Crippen LogP contribution in [0.2, 0.25) is 0 Å². The molecule has 0 aliphatic carbocycles. The Bertz CT molecular complexity index is 2350. The Hall–Kier alpha value is -4.89. The number of aromatic nitrogens is 2. The first-order chi connectivity index (χ1) is 23.2. The van der Waals surface area contributed by atoms with Crippen molar-refractivity contribution in [3.63, 3.8) is 0 Å². The van der Waals surface area contributed by atoms with Crippen molar-refractivity contribution in [2.24, 2.45) is 0 Å². The van der Waals surface area contributed by atoms with E-state index in [2.05, 4.69) is 116 Å². The third-order valence-electron chi connectivity index (χ3n) is 8.30. The van der Waals surface area contributed by atoms with E-state index in [1.165, 1.54) is 28.1 Å². The van der Waals surface area contributed by atoms with Gasteiger partial charge in [-0.05, 0) is 57.8 Å². The van der Waals surface area contributed by atoms with E-state index < -0.39 is 6.85 Å². The second kappa shape index (κ2) is 13.2. The monoisotopic (exact) mass is 776 g/mol. The summed E-state index contributed by atoms with van der Waals surface area (Å²) in [6, 6.07) is 48.7. The SMILES string of the molecule is CC(C)(c1ccccc1)c1ccnc(-c2[c-]ccc3c2oc2ccc4ccccc4c23)c1.[2H]C([2H])([2H])c1ccc(-c2[c-]cccc2)nc1.[Ir]. The molecule has 3 nitrogen and oxygen atoms in total. The zero-order valence-electron chi connectivity index (χ0n) is 28.4. The summed E-state index contributed by atoms with van der Waals surface area (Å²) in [4.78, 5) is 8.83. The Morgan fingerprint density at radius 3 is 2.30 bits per heavy atom. The van der Waals surface area contributed by atoms with Crippen molar-refractivity contribution in [3.05, 3.63) is 169 Å². The second-order valence-corrected chi connectivity index (χ2v) is 11.5. The molecule has 0 atom stereocenters. The first-order valence-electron chi connectivity index (χ1n) is 16.4. The van der Waals surface area contributed by atoms with Crippen LogP contribution < -0.4 is 0 Å². The molecule has 0 aliphatic rings. The van der Waals surface area contributed by atoms with Gasteiger partial charge in [0.2, 0.25) is 0 Å². The van der Waals surface area contributed by atoms with Crippen LogP contribution in [0, 0.1) is 19.0 Å². The van der Waals surface area contributed by atoms with Crippen molar-refractivity contribution in [3.8, 4) is 22.5 Å². The molecule has 8 aromatic rings. The number of furan rings is 1. The zero-order chi connectivity index (χ0) is 33.3. The fourth-order valence-electron chi connectivity index (χ4n) is 5.79. The van der Waals surface area contributed by atoms with Gasteiger partial charge in [0, 0.05) is 47.4 Å². The Morgan fingerprint density at radius 1 is 0.696 bits per heavy atom. The molecule has 0 saturated carbocycles. The van der Waals surface area contributed by atoms with Gasteiger partial charge in [0.1, 0.15) is 5.58 Å². The molecular formula is C42H32IrN2O-2. The summed E-state index contributed by atoms with van der Waals surface area (Å²) in [6.45, 7) is 2.41. The molecule has 0 bridgehead atoms. The summed E-state index contributed by atoms with van der Waals surface area (Å²) in [5.74, 6) is 0. The van der Waals surface area contributed by atoms with Gasteiger partial charge in [-0.15, -0.1) is 54.1 Å². The number of aryl methyl sites for hydroxylation is 1. The van der Waals surface area contributed by atoms with Crippen molar-refractivity contribution in [2.45, 2.75) is 26.1 Å². The summed E-state index contributed by atoms with van der Waals surface area (Å²) in [7, 11) is 0. The van der Waals surface area contributed by atoms with Gasteiger partial charge in [-0.3, -0.25) is 0 Å². The smallest absolute Gasteiger partial charge is 0.121 e. The molecule has 227 valence electrons. The van der Waals surface area contributed by atoms with Crippen LogP contribution in [0.3, 0.4) is 0 Å². The van der Waals surface area contributed by atoms with Crippen molar-refractivity contribution < 1.29 is 28.6 Å². The van der Waals surface area contributed by atoms with E-state index in [-0.39, 0.29) is 31.1 Å². The first kappa shape index (κ1) is 27.4. The average molecular weight is 776 g/mol. The minimum Gasteiger partial charge on any atom is -0.501 e. The van der Waals surface area contributed by atoms with Crippen molar-refractivity contribution in [1.82, 2.24) is 9.97 Å². The largest absolute Gasteiger partial charge is 0.501 e. The molecule has 0 spiro atoms. The quantitative estimate of drug-likeness (QED) is 0.167. The van der Waals surface area contributed by atoms with Crippen LogP contribution in [-0.2, 0) is 25.5 Å². The molecular weight excluding hydrogens is 741 g/mol. The fourth-order valence-corrected chi connectivity index (χ4v) is 5.79. The van der Waals surface area contributed by atoms with Gasteiger partial charge < -0.3 is 14.4 Å². The predicted molar refractivity (Wildman–Crippen MR) is 185 cm³/mol. The summed E-state index contributed by atoms with van der Waals surface area (Å²) in [6.07, 6.45) is 3.28. The summed E-state index contributed by atoms with van der Waals surface area (Å²) in [5.41, 5.74) is 7.68. The number of hydrogen-bond donors (Lipinski definition) is 0. The third kappa shape index (κ3) is 6.02. The summed E-state index contributed by atoms with van der Waals surface area (Å²) in [5, 5.41) is 4.66. The molecule has 1 radical (unpaired) electrons. The Balaban J connectivity index is 0.000000208. The van der Waals surface area contributed by atoms with Crippen LogP contribution in [0.15, 0.2) is 144 Å². The number of fused-ring (bicyclic) bond motifs is 5. The molecule has 0 aliphatic heterocycles. The van der Waals surface area contributed by atoms with Gasteiger partial charge in [0.15, 0.2) is 0 Å². The number of hydrogen-bond acceptors (Lipinski definition) is 3. The Labute approximate surface area is 287 Å². The molecule has 8 rings (SSSR count). The van der Waals surface area contributed by atoms with E-state index in [1.54, 1.807) is 18.2 Å². The van der Waals surface area contributed by atoms with Crippen molar-refractivity contribution >= 4 is 32.7 Å². The van der Waals surface area contributed by atoms with E-state index >= 15 is 0 Å². The molecule has 0 unspecified atom stereocenters. The van der Waals surface area contributed by atoms with E-state index in [0.29, 0.717) is 0 Å². The minimum atomic E-state index is -2.09. The Kier molecular flexibility index (Phi) is 7.88. The maximum absolute atomic E-state index is 7.23. The number of rotatable bonds is 4. The van der Waals surface area contributed by atoms with E-state index in [4.69, 9.17) is 13.5 Å². The summed E-state index contributed by atoms with van der Waals surface area (Å²) >= 11 is 0. The summed E-state index contributed by atoms with van der Waals surface area (Å²) < 4.78 is 28.1. The predicted octanol–water partition coefficient (Wildman–Crippen LogP) is 10.8. The van der Waals surface area contributed by atoms with E-state index in [0.717, 1.165) is 44.5 Å². The van der Waals surface area contributed by atoms with Crippen LogP contribution in [0.4, 0.5) is 0 Å². The maximum atomic E-state index is 7.23. The van der Waals surface area contributed by atoms with Gasteiger partial charge in [0.25, 0.3) is 0 Å². The minimum absolute atomic E-state index is 0. The Morgan fingerprint density at radius 2 is 1.52 bits per heavy atom. The molecule has 5 aromatic carbocycles. The van der Waals surface area contributed by atoms with Crippen molar-refractivity contribution in [2.75, 3.05) is 0 Å². The normalized spacial score (nSPS) is 12.4. The van der Waals surface area contributed by atoms with Crippen LogP contribution in [0.25, 0.3) is 55.2 Å². The van der Waals surface area contributed by atoms with Gasteiger partial charge in [-0.2, -0.15) is 0 Å². The maximum Gasteiger partial charge on any atom is 0.121 e. The van der Waals surface area contributed by atoms with Gasteiger partial charge in [0.05, 0.1) is 5.58 Å². The molecule has 3 aromatic heterocycles. The molecule has 0 amide bonds. The molecule has 0 saturated heterocycles. The van der Waals surface area contributed by atoms with Crippen LogP contribution in [-0.4, -0.2) is 9.97 Å². The number of pyridine rings is 2. The van der Waals surface area contributed by atoms with Crippen LogP contribution in [0.5, 0.6) is 0 Å². The van der Waals surface area contributed by atoms with Gasteiger partial charge in [-0.25, -0.2) is 0 Å². The van der Waals surface area contributed by atoms with Gasteiger partial charge >= 0.3 is 0 Å². The fraction of sp³-hybridized carbons (Fsp3) is 0.0952. The standard InChI is InChI=1S/C30H22NO.C12H10N.Ir/c1-30(2,21-10-4-3-5-11-21)22-17-18-31-26(19-22)24-13-8-14-25-28-23-12-7-6-9-20(23)15-16-27(28)32-29(24)25;1-10-7-8-12(13-9-10)11-5-3-2-4-6-11;/h3-12,14-19H,1-2H3;2-5,7-9H,1H3;/q2*-1;/i;1D3;. The molecule has 0 N–H and O–H groups in total. The van der Waals surface area contributed by atoms with Crippen LogP contribution in [0.1, 0.15) is 34.7 Å². The molecule has 46 heavy (non-hydrogen) atoms. The van der Waals surface area contributed by atoms with Crippen molar-refractivity contribution in [1.29, 1.82) is 0 Å².